The number of benzene rings is 1. The van der Waals surface area contributed by atoms with Gasteiger partial charge in [-0.1, -0.05) is 45.0 Å². The molecule has 1 aliphatic rings. The number of amides is 1. The van der Waals surface area contributed by atoms with Crippen LogP contribution in [-0.4, -0.2) is 45.4 Å². The molecular weight excluding hydrogens is 408 g/mol. The van der Waals surface area contributed by atoms with E-state index in [-0.39, 0.29) is 23.7 Å². The zero-order valence-electron chi connectivity index (χ0n) is 19.2. The quantitative estimate of drug-likeness (QED) is 0.673. The van der Waals surface area contributed by atoms with Crippen LogP contribution in [0.5, 0.6) is 0 Å². The molecule has 3 rings (SSSR count). The van der Waals surface area contributed by atoms with Gasteiger partial charge in [0, 0.05) is 19.4 Å². The number of rotatable bonds is 5. The maximum atomic E-state index is 13.3. The van der Waals surface area contributed by atoms with Gasteiger partial charge in [0.1, 0.15) is 0 Å². The first kappa shape index (κ1) is 23.4. The number of carbonyl (C=O) groups is 2. The summed E-state index contributed by atoms with van der Waals surface area (Å²) in [5.41, 5.74) is 6.29. The molecule has 1 aromatic carbocycles. The van der Waals surface area contributed by atoms with Gasteiger partial charge >= 0.3 is 0 Å². The number of aliphatic hydroxyl groups excluding tert-OH is 1. The van der Waals surface area contributed by atoms with E-state index in [4.69, 9.17) is 0 Å². The number of carbonyl (C=O) groups excluding carboxylic acids is 2. The largest absolute Gasteiger partial charge is 0.391 e. The zero-order chi connectivity index (χ0) is 22.9. The molecule has 1 saturated heterocycles. The first-order valence-corrected chi connectivity index (χ1v) is 11.6. The summed E-state index contributed by atoms with van der Waals surface area (Å²) in [6.45, 7) is 12.0. The Bertz CT molecular complexity index is 999. The van der Waals surface area contributed by atoms with Gasteiger partial charge in [-0.05, 0) is 48.5 Å². The average Bonchev–Trinajstić information content (AvgIpc) is 3.30. The lowest BCUT2D eigenvalue weighted by atomic mass is 9.90. The van der Waals surface area contributed by atoms with Crippen LogP contribution in [0.15, 0.2) is 35.3 Å². The van der Waals surface area contributed by atoms with Crippen molar-refractivity contribution in [2.75, 3.05) is 6.54 Å². The van der Waals surface area contributed by atoms with E-state index in [1.54, 1.807) is 16.2 Å². The number of likely N-dealkylation sites (tertiary alicyclic amines) is 1. The highest BCUT2D eigenvalue weighted by atomic mass is 32.1. The first-order valence-electron chi connectivity index (χ1n) is 10.7. The predicted molar refractivity (Wildman–Crippen MR) is 126 cm³/mol. The topological polar surface area (TPSA) is 70.5 Å². The van der Waals surface area contributed by atoms with Gasteiger partial charge < -0.3 is 10.0 Å². The van der Waals surface area contributed by atoms with Crippen LogP contribution in [0.3, 0.4) is 0 Å². The number of allylic oxidation sites excluding steroid dienone is 1. The van der Waals surface area contributed by atoms with Crippen LogP contribution >= 0.6 is 11.3 Å². The van der Waals surface area contributed by atoms with E-state index < -0.39 is 12.1 Å². The van der Waals surface area contributed by atoms with Crippen molar-refractivity contribution in [3.63, 3.8) is 0 Å². The van der Waals surface area contributed by atoms with Crippen molar-refractivity contribution in [2.24, 2.45) is 5.41 Å². The summed E-state index contributed by atoms with van der Waals surface area (Å²) in [6, 6.07) is 7.55. The second-order valence-electron chi connectivity index (χ2n) is 9.65. The molecule has 166 valence electrons. The minimum Gasteiger partial charge on any atom is -0.391 e. The van der Waals surface area contributed by atoms with Gasteiger partial charge in [-0.2, -0.15) is 0 Å². The molecule has 1 aliphatic heterocycles. The molecule has 0 aliphatic carbocycles. The Kier molecular flexibility index (Phi) is 6.82. The Hall–Kier alpha value is -2.31. The third kappa shape index (κ3) is 5.31. The number of β-amino-alcohol motifs (C(OH)–C–C–N with tert-alkyl or cyclic N) is 1. The number of hydrogen-bond acceptors (Lipinski definition) is 5. The Morgan fingerprint density at radius 3 is 2.39 bits per heavy atom. The Morgan fingerprint density at radius 2 is 1.84 bits per heavy atom. The molecule has 1 fully saturated rings. The number of ketones is 1. The molecule has 0 saturated carbocycles. The van der Waals surface area contributed by atoms with Gasteiger partial charge in [0.15, 0.2) is 5.78 Å². The molecule has 1 unspecified atom stereocenters. The molecule has 5 nitrogen and oxygen atoms in total. The van der Waals surface area contributed by atoms with Crippen molar-refractivity contribution < 1.29 is 14.7 Å². The summed E-state index contributed by atoms with van der Waals surface area (Å²) < 4.78 is 0. The monoisotopic (exact) mass is 440 g/mol. The standard InChI is InChI=1S/C25H32N2O3S/c1-15(18-7-9-19(10-8-18)24-17(3)26-14-31-24)16(2)23(30)21-11-20(28)13-27(21)22(29)12-25(4,5)6/h7-10,14,20-21,28H,11-13H2,1-6H3/b16-15+/t20-,21?/m1/s1. The van der Waals surface area contributed by atoms with Gasteiger partial charge in [-0.25, -0.2) is 4.98 Å². The second-order valence-corrected chi connectivity index (χ2v) is 10.5. The number of thiazole rings is 1. The minimum atomic E-state index is -0.659. The lowest BCUT2D eigenvalue weighted by Gasteiger charge is -2.27. The number of aromatic nitrogens is 1. The minimum absolute atomic E-state index is 0.0721. The van der Waals surface area contributed by atoms with E-state index in [9.17, 15) is 14.7 Å². The molecule has 2 atom stereocenters. The summed E-state index contributed by atoms with van der Waals surface area (Å²) in [5, 5.41) is 10.2. The van der Waals surface area contributed by atoms with Crippen molar-refractivity contribution in [3.8, 4) is 10.4 Å². The van der Waals surface area contributed by atoms with Gasteiger partial charge in [0.25, 0.3) is 0 Å². The van der Waals surface area contributed by atoms with Gasteiger partial charge in [0.2, 0.25) is 5.91 Å². The van der Waals surface area contributed by atoms with E-state index in [1.807, 2.05) is 59.2 Å². The average molecular weight is 441 g/mol. The summed E-state index contributed by atoms with van der Waals surface area (Å²) in [5.74, 6) is -0.157. The fraction of sp³-hybridized carbons (Fsp3) is 0.480. The first-order chi connectivity index (χ1) is 14.5. The van der Waals surface area contributed by atoms with Crippen molar-refractivity contribution in [1.29, 1.82) is 0 Å². The highest BCUT2D eigenvalue weighted by Crippen LogP contribution is 2.31. The molecule has 2 aromatic rings. The number of Topliss-reactive ketones (excluding diaryl/α,β-unsaturated/α-hetero) is 1. The lowest BCUT2D eigenvalue weighted by Crippen LogP contribution is -2.42. The van der Waals surface area contributed by atoms with Gasteiger partial charge in [-0.15, -0.1) is 11.3 Å². The summed E-state index contributed by atoms with van der Waals surface area (Å²) in [6.07, 6.45) is -0.0139. The predicted octanol–water partition coefficient (Wildman–Crippen LogP) is 4.88. The fourth-order valence-electron chi connectivity index (χ4n) is 3.99. The molecule has 31 heavy (non-hydrogen) atoms. The van der Waals surface area contributed by atoms with E-state index in [0.29, 0.717) is 18.4 Å². The Balaban J connectivity index is 1.82. The van der Waals surface area contributed by atoms with Crippen LogP contribution in [-0.2, 0) is 9.59 Å². The molecule has 6 heteroatoms. The van der Waals surface area contributed by atoms with Crippen molar-refractivity contribution >= 4 is 28.6 Å². The van der Waals surface area contributed by atoms with E-state index in [1.165, 1.54) is 0 Å². The van der Waals surface area contributed by atoms with Crippen LogP contribution in [0.25, 0.3) is 16.0 Å². The third-order valence-electron chi connectivity index (χ3n) is 5.84. The number of aryl methyl sites for hydroxylation is 1. The molecule has 1 N–H and O–H groups in total. The van der Waals surface area contributed by atoms with E-state index in [0.717, 1.165) is 27.3 Å². The molecule has 0 bridgehead atoms. The third-order valence-corrected chi connectivity index (χ3v) is 6.82. The molecule has 0 radical (unpaired) electrons. The maximum Gasteiger partial charge on any atom is 0.223 e. The van der Waals surface area contributed by atoms with Gasteiger partial charge in [0.05, 0.1) is 28.2 Å². The molecular formula is C25H32N2O3S. The normalized spacial score (nSPS) is 20.0. The summed E-state index contributed by atoms with van der Waals surface area (Å²) >= 11 is 1.61. The van der Waals surface area contributed by atoms with Crippen LogP contribution in [0.1, 0.15) is 58.7 Å². The number of hydrogen-bond donors (Lipinski definition) is 1. The van der Waals surface area contributed by atoms with E-state index in [2.05, 4.69) is 17.1 Å². The SMILES string of the molecule is C/C(C(=O)C1C[C@@H](O)CN1C(=O)CC(C)(C)C)=C(/C)c1ccc(-c2scnc2C)cc1. The van der Waals surface area contributed by atoms with Crippen LogP contribution < -0.4 is 0 Å². The maximum absolute atomic E-state index is 13.3. The van der Waals surface area contributed by atoms with Crippen LogP contribution in [0.2, 0.25) is 0 Å². The molecule has 1 amide bonds. The van der Waals surface area contributed by atoms with Crippen molar-refractivity contribution in [2.45, 2.75) is 66.5 Å². The molecule has 2 heterocycles. The Labute approximate surface area is 188 Å². The zero-order valence-corrected chi connectivity index (χ0v) is 20.0. The van der Waals surface area contributed by atoms with Crippen LogP contribution in [0, 0.1) is 12.3 Å². The summed E-state index contributed by atoms with van der Waals surface area (Å²) in [4.78, 5) is 33.1. The van der Waals surface area contributed by atoms with E-state index >= 15 is 0 Å². The Morgan fingerprint density at radius 1 is 1.19 bits per heavy atom. The van der Waals surface area contributed by atoms with Crippen molar-refractivity contribution in [3.05, 3.63) is 46.6 Å². The smallest absolute Gasteiger partial charge is 0.223 e. The van der Waals surface area contributed by atoms with Crippen LogP contribution in [0.4, 0.5) is 0 Å². The summed E-state index contributed by atoms with van der Waals surface area (Å²) in [7, 11) is 0. The highest BCUT2D eigenvalue weighted by molar-refractivity contribution is 7.13. The lowest BCUT2D eigenvalue weighted by molar-refractivity contribution is -0.138. The van der Waals surface area contributed by atoms with Crippen molar-refractivity contribution in [1.82, 2.24) is 9.88 Å². The molecule has 0 spiro atoms. The highest BCUT2D eigenvalue weighted by Gasteiger charge is 2.40. The number of nitrogens with zero attached hydrogens (tertiary/aromatic N) is 2. The van der Waals surface area contributed by atoms with Gasteiger partial charge in [-0.3, -0.25) is 9.59 Å². The fourth-order valence-corrected chi connectivity index (χ4v) is 4.81. The number of aliphatic hydroxyl groups is 1. The second kappa shape index (κ2) is 9.05. The molecule has 1 aromatic heterocycles.